The Kier molecular flexibility index (Phi) is 4.22. The highest BCUT2D eigenvalue weighted by atomic mass is 32.1. The minimum Gasteiger partial charge on any atom is -0.407 e. The fraction of sp³-hybridized carbons (Fsp3) is 0.158. The average Bonchev–Trinajstić information content (AvgIpc) is 3.25. The third kappa shape index (κ3) is 3.34. The SMILES string of the molecule is Cc1ccc(Cc2nnc(NC(=O)c3ccc4ncsc4c3)o2)c(C)c1. The first-order valence-corrected chi connectivity index (χ1v) is 8.99. The highest BCUT2D eigenvalue weighted by molar-refractivity contribution is 7.16. The van der Waals surface area contributed by atoms with Gasteiger partial charge in [0, 0.05) is 5.56 Å². The van der Waals surface area contributed by atoms with E-state index < -0.39 is 0 Å². The molecule has 1 N–H and O–H groups in total. The molecule has 2 heterocycles. The standard InChI is InChI=1S/C19H16N4O2S/c1-11-3-4-13(12(2)7-11)9-17-22-23-19(25-17)21-18(24)14-5-6-15-16(8-14)26-10-20-15/h3-8,10H,9H2,1-2H3,(H,21,23,24). The molecule has 2 aromatic heterocycles. The molecule has 4 aromatic rings. The Bertz CT molecular complexity index is 1100. The highest BCUT2D eigenvalue weighted by Crippen LogP contribution is 2.20. The van der Waals surface area contributed by atoms with Crippen molar-refractivity contribution in [3.05, 3.63) is 70.1 Å². The molecule has 0 aliphatic rings. The van der Waals surface area contributed by atoms with Crippen molar-refractivity contribution < 1.29 is 9.21 Å². The maximum absolute atomic E-state index is 12.4. The first-order chi connectivity index (χ1) is 12.6. The molecule has 0 bridgehead atoms. The van der Waals surface area contributed by atoms with E-state index in [0.717, 1.165) is 15.8 Å². The quantitative estimate of drug-likeness (QED) is 0.589. The highest BCUT2D eigenvalue weighted by Gasteiger charge is 2.13. The third-order valence-electron chi connectivity index (χ3n) is 4.12. The monoisotopic (exact) mass is 364 g/mol. The average molecular weight is 364 g/mol. The van der Waals surface area contributed by atoms with Crippen LogP contribution in [0.3, 0.4) is 0 Å². The van der Waals surface area contributed by atoms with E-state index in [1.165, 1.54) is 22.5 Å². The Labute approximate surface area is 153 Å². The van der Waals surface area contributed by atoms with Crippen LogP contribution in [-0.4, -0.2) is 21.1 Å². The number of hydrogen-bond donors (Lipinski definition) is 1. The number of aryl methyl sites for hydroxylation is 2. The van der Waals surface area contributed by atoms with Crippen molar-refractivity contribution in [2.45, 2.75) is 20.3 Å². The van der Waals surface area contributed by atoms with Gasteiger partial charge in [-0.1, -0.05) is 28.9 Å². The van der Waals surface area contributed by atoms with Crippen molar-refractivity contribution in [2.24, 2.45) is 0 Å². The van der Waals surface area contributed by atoms with Gasteiger partial charge in [0.1, 0.15) is 0 Å². The molecule has 0 fully saturated rings. The van der Waals surface area contributed by atoms with Gasteiger partial charge in [0.05, 0.1) is 22.1 Å². The number of hydrogen-bond acceptors (Lipinski definition) is 6. The summed E-state index contributed by atoms with van der Waals surface area (Å²) in [5, 5.41) is 10.6. The number of thiazole rings is 1. The number of nitrogens with one attached hydrogen (secondary N) is 1. The zero-order chi connectivity index (χ0) is 18.1. The Balaban J connectivity index is 1.48. The maximum Gasteiger partial charge on any atom is 0.322 e. The number of anilines is 1. The molecule has 0 radical (unpaired) electrons. The van der Waals surface area contributed by atoms with Crippen LogP contribution in [0.2, 0.25) is 0 Å². The molecule has 0 aliphatic heterocycles. The van der Waals surface area contributed by atoms with Crippen molar-refractivity contribution in [1.29, 1.82) is 0 Å². The van der Waals surface area contributed by atoms with Gasteiger partial charge in [0.2, 0.25) is 5.89 Å². The van der Waals surface area contributed by atoms with Crippen LogP contribution in [-0.2, 0) is 6.42 Å². The fourth-order valence-electron chi connectivity index (χ4n) is 2.75. The van der Waals surface area contributed by atoms with Crippen LogP contribution in [0.5, 0.6) is 0 Å². The summed E-state index contributed by atoms with van der Waals surface area (Å²) in [7, 11) is 0. The number of rotatable bonds is 4. The molecule has 7 heteroatoms. The summed E-state index contributed by atoms with van der Waals surface area (Å²) < 4.78 is 6.53. The van der Waals surface area contributed by atoms with E-state index in [4.69, 9.17) is 4.42 Å². The predicted molar refractivity (Wildman–Crippen MR) is 101 cm³/mol. The summed E-state index contributed by atoms with van der Waals surface area (Å²) in [6.45, 7) is 4.11. The summed E-state index contributed by atoms with van der Waals surface area (Å²) >= 11 is 1.49. The van der Waals surface area contributed by atoms with E-state index in [9.17, 15) is 4.79 Å². The summed E-state index contributed by atoms with van der Waals surface area (Å²) in [5.74, 6) is 0.173. The Morgan fingerprint density at radius 2 is 2.04 bits per heavy atom. The molecule has 26 heavy (non-hydrogen) atoms. The van der Waals surface area contributed by atoms with Crippen LogP contribution < -0.4 is 5.32 Å². The van der Waals surface area contributed by atoms with Gasteiger partial charge in [-0.15, -0.1) is 16.4 Å². The van der Waals surface area contributed by atoms with E-state index >= 15 is 0 Å². The van der Waals surface area contributed by atoms with Crippen molar-refractivity contribution in [3.8, 4) is 0 Å². The molecule has 4 rings (SSSR count). The number of carbonyl (C=O) groups is 1. The van der Waals surface area contributed by atoms with Crippen molar-refractivity contribution in [2.75, 3.05) is 5.32 Å². The number of carbonyl (C=O) groups excluding carboxylic acids is 1. The van der Waals surface area contributed by atoms with E-state index in [1.807, 2.05) is 6.07 Å². The summed E-state index contributed by atoms with van der Waals surface area (Å²) in [5.41, 5.74) is 6.65. The number of amides is 1. The molecule has 6 nitrogen and oxygen atoms in total. The van der Waals surface area contributed by atoms with Crippen LogP contribution in [0.25, 0.3) is 10.2 Å². The molecule has 130 valence electrons. The molecule has 0 spiro atoms. The van der Waals surface area contributed by atoms with Crippen molar-refractivity contribution in [1.82, 2.24) is 15.2 Å². The van der Waals surface area contributed by atoms with E-state index in [-0.39, 0.29) is 11.9 Å². The Morgan fingerprint density at radius 3 is 2.88 bits per heavy atom. The summed E-state index contributed by atoms with van der Waals surface area (Å²) in [6.07, 6.45) is 0.530. The van der Waals surface area contributed by atoms with Gasteiger partial charge in [-0.05, 0) is 43.2 Å². The van der Waals surface area contributed by atoms with Crippen LogP contribution in [0.1, 0.15) is 32.9 Å². The van der Waals surface area contributed by atoms with Crippen molar-refractivity contribution in [3.63, 3.8) is 0 Å². The summed E-state index contributed by atoms with van der Waals surface area (Å²) in [6, 6.07) is 11.7. The molecule has 0 unspecified atom stereocenters. The normalized spacial score (nSPS) is 11.0. The van der Waals surface area contributed by atoms with E-state index in [2.05, 4.69) is 52.5 Å². The van der Waals surface area contributed by atoms with Gasteiger partial charge >= 0.3 is 6.01 Å². The smallest absolute Gasteiger partial charge is 0.322 e. The maximum atomic E-state index is 12.4. The number of nitrogens with zero attached hydrogens (tertiary/aromatic N) is 3. The lowest BCUT2D eigenvalue weighted by atomic mass is 10.0. The van der Waals surface area contributed by atoms with Gasteiger partial charge < -0.3 is 4.42 Å². The van der Waals surface area contributed by atoms with Crippen LogP contribution in [0.15, 0.2) is 46.3 Å². The first kappa shape index (κ1) is 16.4. The lowest BCUT2D eigenvalue weighted by molar-refractivity contribution is 0.102. The molecular weight excluding hydrogens is 348 g/mol. The molecule has 0 saturated heterocycles. The van der Waals surface area contributed by atoms with Crippen LogP contribution in [0, 0.1) is 13.8 Å². The largest absolute Gasteiger partial charge is 0.407 e. The van der Waals surface area contributed by atoms with Gasteiger partial charge in [0.25, 0.3) is 5.91 Å². The molecule has 1 amide bonds. The summed E-state index contributed by atoms with van der Waals surface area (Å²) in [4.78, 5) is 16.6. The van der Waals surface area contributed by atoms with Gasteiger partial charge in [-0.3, -0.25) is 10.1 Å². The lowest BCUT2D eigenvalue weighted by Crippen LogP contribution is -2.11. The minimum atomic E-state index is -0.290. The lowest BCUT2D eigenvalue weighted by Gasteiger charge is -2.04. The second-order valence-corrected chi connectivity index (χ2v) is 6.98. The van der Waals surface area contributed by atoms with Gasteiger partial charge in [-0.25, -0.2) is 4.98 Å². The zero-order valence-corrected chi connectivity index (χ0v) is 15.1. The Hall–Kier alpha value is -3.06. The molecule has 0 aliphatic carbocycles. The van der Waals surface area contributed by atoms with Gasteiger partial charge in [-0.2, -0.15) is 0 Å². The molecule has 0 saturated carbocycles. The first-order valence-electron chi connectivity index (χ1n) is 8.11. The van der Waals surface area contributed by atoms with E-state index in [0.29, 0.717) is 17.9 Å². The van der Waals surface area contributed by atoms with Crippen LogP contribution in [0.4, 0.5) is 6.01 Å². The van der Waals surface area contributed by atoms with Crippen molar-refractivity contribution >= 4 is 33.5 Å². The Morgan fingerprint density at radius 1 is 1.15 bits per heavy atom. The van der Waals surface area contributed by atoms with Gasteiger partial charge in [0.15, 0.2) is 0 Å². The number of benzene rings is 2. The number of fused-ring (bicyclic) bond motifs is 1. The second kappa shape index (κ2) is 6.68. The molecule has 0 atom stereocenters. The minimum absolute atomic E-state index is 0.0965. The second-order valence-electron chi connectivity index (χ2n) is 6.10. The number of aromatic nitrogens is 3. The molecule has 2 aromatic carbocycles. The van der Waals surface area contributed by atoms with Crippen LogP contribution >= 0.6 is 11.3 Å². The third-order valence-corrected chi connectivity index (χ3v) is 4.91. The zero-order valence-electron chi connectivity index (χ0n) is 14.3. The van der Waals surface area contributed by atoms with E-state index in [1.54, 1.807) is 17.6 Å². The molecular formula is C19H16N4O2S. The topological polar surface area (TPSA) is 80.9 Å². The predicted octanol–water partition coefficient (Wildman–Crippen LogP) is 4.14. The fourth-order valence-corrected chi connectivity index (χ4v) is 3.46.